The Kier molecular flexibility index (Phi) is 5.04. The number of rotatable bonds is 7. The average molecular weight is 288 g/mol. The summed E-state index contributed by atoms with van der Waals surface area (Å²) in [4.78, 5) is 14.9. The SMILES string of the molecule is CC(C)N(CCNC(=O)C1(c2ccccc2)CC1)C(C)C. The number of hydrogen-bond acceptors (Lipinski definition) is 2. The molecule has 116 valence electrons. The summed E-state index contributed by atoms with van der Waals surface area (Å²) in [6.07, 6.45) is 1.95. The molecule has 0 aromatic heterocycles. The van der Waals surface area contributed by atoms with Crippen LogP contribution in [0, 0.1) is 0 Å². The summed E-state index contributed by atoms with van der Waals surface area (Å²) in [6, 6.07) is 11.2. The maximum absolute atomic E-state index is 12.5. The Bertz CT molecular complexity index is 455. The minimum Gasteiger partial charge on any atom is -0.354 e. The lowest BCUT2D eigenvalue weighted by Gasteiger charge is -2.30. The van der Waals surface area contributed by atoms with Gasteiger partial charge in [-0.3, -0.25) is 9.69 Å². The molecule has 0 bridgehead atoms. The molecule has 0 aliphatic heterocycles. The van der Waals surface area contributed by atoms with Gasteiger partial charge < -0.3 is 5.32 Å². The van der Waals surface area contributed by atoms with Crippen LogP contribution in [0.3, 0.4) is 0 Å². The van der Waals surface area contributed by atoms with E-state index >= 15 is 0 Å². The van der Waals surface area contributed by atoms with Gasteiger partial charge in [-0.25, -0.2) is 0 Å². The lowest BCUT2D eigenvalue weighted by molar-refractivity contribution is -0.123. The number of hydrogen-bond donors (Lipinski definition) is 1. The van der Waals surface area contributed by atoms with Crippen molar-refractivity contribution in [2.75, 3.05) is 13.1 Å². The predicted octanol–water partition coefficient (Wildman–Crippen LogP) is 2.95. The summed E-state index contributed by atoms with van der Waals surface area (Å²) in [5, 5.41) is 3.14. The van der Waals surface area contributed by atoms with Gasteiger partial charge in [-0.05, 0) is 46.1 Å². The van der Waals surface area contributed by atoms with Gasteiger partial charge in [0.25, 0.3) is 0 Å². The van der Waals surface area contributed by atoms with Crippen molar-refractivity contribution in [1.82, 2.24) is 10.2 Å². The summed E-state index contributed by atoms with van der Waals surface area (Å²) in [5.41, 5.74) is 0.911. The molecule has 3 heteroatoms. The van der Waals surface area contributed by atoms with Gasteiger partial charge in [0, 0.05) is 25.2 Å². The number of benzene rings is 1. The highest BCUT2D eigenvalue weighted by Gasteiger charge is 2.50. The highest BCUT2D eigenvalue weighted by atomic mass is 16.2. The van der Waals surface area contributed by atoms with E-state index in [1.165, 1.54) is 0 Å². The smallest absolute Gasteiger partial charge is 0.230 e. The molecule has 1 aliphatic carbocycles. The number of carbonyl (C=O) groups excluding carboxylic acids is 1. The number of carbonyl (C=O) groups is 1. The van der Waals surface area contributed by atoms with E-state index in [-0.39, 0.29) is 11.3 Å². The summed E-state index contributed by atoms with van der Waals surface area (Å²) in [7, 11) is 0. The largest absolute Gasteiger partial charge is 0.354 e. The highest BCUT2D eigenvalue weighted by Crippen LogP contribution is 2.48. The lowest BCUT2D eigenvalue weighted by Crippen LogP contribution is -2.44. The minimum atomic E-state index is -0.248. The van der Waals surface area contributed by atoms with Crippen molar-refractivity contribution in [3.63, 3.8) is 0 Å². The van der Waals surface area contributed by atoms with E-state index in [2.05, 4.69) is 50.0 Å². The van der Waals surface area contributed by atoms with Gasteiger partial charge in [0.15, 0.2) is 0 Å². The Morgan fingerprint density at radius 3 is 2.19 bits per heavy atom. The normalized spacial score (nSPS) is 16.5. The summed E-state index contributed by atoms with van der Waals surface area (Å²) in [5.74, 6) is 0.196. The van der Waals surface area contributed by atoms with E-state index < -0.39 is 0 Å². The minimum absolute atomic E-state index is 0.196. The Hall–Kier alpha value is -1.35. The maximum Gasteiger partial charge on any atom is 0.230 e. The van der Waals surface area contributed by atoms with Crippen molar-refractivity contribution in [2.24, 2.45) is 0 Å². The van der Waals surface area contributed by atoms with E-state index in [4.69, 9.17) is 0 Å². The second kappa shape index (κ2) is 6.61. The van der Waals surface area contributed by atoms with Crippen LogP contribution in [0.4, 0.5) is 0 Å². The molecule has 1 amide bonds. The van der Waals surface area contributed by atoms with Gasteiger partial charge in [-0.1, -0.05) is 30.3 Å². The molecule has 0 radical (unpaired) electrons. The van der Waals surface area contributed by atoms with Crippen LogP contribution in [-0.4, -0.2) is 36.0 Å². The molecular formula is C18H28N2O. The number of amides is 1. The van der Waals surface area contributed by atoms with Crippen LogP contribution in [0.25, 0.3) is 0 Å². The molecule has 1 aromatic carbocycles. The fourth-order valence-corrected chi connectivity index (χ4v) is 3.11. The molecule has 21 heavy (non-hydrogen) atoms. The third kappa shape index (κ3) is 3.65. The molecule has 0 atom stereocenters. The number of nitrogens with one attached hydrogen (secondary N) is 1. The molecule has 2 rings (SSSR count). The quantitative estimate of drug-likeness (QED) is 0.836. The van der Waals surface area contributed by atoms with Gasteiger partial charge in [0.1, 0.15) is 0 Å². The highest BCUT2D eigenvalue weighted by molar-refractivity contribution is 5.91. The van der Waals surface area contributed by atoms with Crippen molar-refractivity contribution in [1.29, 1.82) is 0 Å². The monoisotopic (exact) mass is 288 g/mol. The first-order valence-corrected chi connectivity index (χ1v) is 8.07. The number of nitrogens with zero attached hydrogens (tertiary/aromatic N) is 1. The van der Waals surface area contributed by atoms with Gasteiger partial charge in [0.05, 0.1) is 5.41 Å². The van der Waals surface area contributed by atoms with Crippen LogP contribution in [-0.2, 0) is 10.2 Å². The summed E-state index contributed by atoms with van der Waals surface area (Å²) < 4.78 is 0. The molecule has 1 fully saturated rings. The molecule has 1 aliphatic rings. The lowest BCUT2D eigenvalue weighted by atomic mass is 9.95. The van der Waals surface area contributed by atoms with Crippen LogP contribution < -0.4 is 5.32 Å². The Labute approximate surface area is 128 Å². The van der Waals surface area contributed by atoms with Gasteiger partial charge in [0.2, 0.25) is 5.91 Å². The maximum atomic E-state index is 12.5. The van der Waals surface area contributed by atoms with Crippen molar-refractivity contribution >= 4 is 5.91 Å². The van der Waals surface area contributed by atoms with Crippen molar-refractivity contribution in [2.45, 2.75) is 58.0 Å². The molecule has 3 nitrogen and oxygen atoms in total. The molecule has 0 unspecified atom stereocenters. The third-order valence-corrected chi connectivity index (χ3v) is 4.49. The fraction of sp³-hybridized carbons (Fsp3) is 0.611. The van der Waals surface area contributed by atoms with Gasteiger partial charge in [-0.15, -0.1) is 0 Å². The fourth-order valence-electron chi connectivity index (χ4n) is 3.11. The molecule has 0 spiro atoms. The summed E-state index contributed by atoms with van der Waals surface area (Å²) >= 11 is 0. The first-order valence-electron chi connectivity index (χ1n) is 8.07. The van der Waals surface area contributed by atoms with E-state index in [9.17, 15) is 4.79 Å². The summed E-state index contributed by atoms with van der Waals surface area (Å²) in [6.45, 7) is 10.4. The molecule has 1 N–H and O–H groups in total. The van der Waals surface area contributed by atoms with E-state index in [0.29, 0.717) is 12.1 Å². The van der Waals surface area contributed by atoms with E-state index in [1.54, 1.807) is 0 Å². The zero-order valence-electron chi connectivity index (χ0n) is 13.7. The van der Waals surface area contributed by atoms with Crippen LogP contribution in [0.15, 0.2) is 30.3 Å². The molecule has 1 aromatic rings. The standard InChI is InChI=1S/C18H28N2O/c1-14(2)20(15(3)4)13-12-19-17(21)18(10-11-18)16-8-6-5-7-9-16/h5-9,14-15H,10-13H2,1-4H3,(H,19,21). The molecule has 0 heterocycles. The van der Waals surface area contributed by atoms with E-state index in [1.807, 2.05) is 18.2 Å². The van der Waals surface area contributed by atoms with Crippen molar-refractivity contribution in [3.05, 3.63) is 35.9 Å². The molecule has 0 saturated heterocycles. The zero-order valence-corrected chi connectivity index (χ0v) is 13.7. The van der Waals surface area contributed by atoms with Crippen molar-refractivity contribution < 1.29 is 4.79 Å². The van der Waals surface area contributed by atoms with Gasteiger partial charge >= 0.3 is 0 Å². The Balaban J connectivity index is 1.88. The predicted molar refractivity (Wildman–Crippen MR) is 87.3 cm³/mol. The van der Waals surface area contributed by atoms with Crippen LogP contribution in [0.2, 0.25) is 0 Å². The third-order valence-electron chi connectivity index (χ3n) is 4.49. The van der Waals surface area contributed by atoms with Crippen molar-refractivity contribution in [3.8, 4) is 0 Å². The Morgan fingerprint density at radius 2 is 1.71 bits per heavy atom. The topological polar surface area (TPSA) is 32.3 Å². The second-order valence-corrected chi connectivity index (χ2v) is 6.63. The first-order chi connectivity index (χ1) is 9.97. The van der Waals surface area contributed by atoms with Crippen LogP contribution in [0.5, 0.6) is 0 Å². The van der Waals surface area contributed by atoms with Crippen LogP contribution >= 0.6 is 0 Å². The zero-order chi connectivity index (χ0) is 15.5. The first kappa shape index (κ1) is 16.0. The molecule has 1 saturated carbocycles. The Morgan fingerprint density at radius 1 is 1.14 bits per heavy atom. The second-order valence-electron chi connectivity index (χ2n) is 6.63. The van der Waals surface area contributed by atoms with Gasteiger partial charge in [-0.2, -0.15) is 0 Å². The molecular weight excluding hydrogens is 260 g/mol. The van der Waals surface area contributed by atoms with Crippen LogP contribution in [0.1, 0.15) is 46.1 Å². The average Bonchev–Trinajstić information content (AvgIpc) is 3.25. The van der Waals surface area contributed by atoms with E-state index in [0.717, 1.165) is 31.5 Å².